The van der Waals surface area contributed by atoms with Crippen molar-refractivity contribution in [3.63, 3.8) is 0 Å². The summed E-state index contributed by atoms with van der Waals surface area (Å²) in [5.41, 5.74) is 29.8. The molecular formula is C23H43N5O14. The Balaban J connectivity index is 1.50. The van der Waals surface area contributed by atoms with Gasteiger partial charge in [-0.3, -0.25) is 0 Å². The number of nitrogens with two attached hydrogens (primary N) is 5. The van der Waals surface area contributed by atoms with Crippen molar-refractivity contribution < 1.29 is 69.0 Å². The molecule has 1 aliphatic carbocycles. The van der Waals surface area contributed by atoms with E-state index in [2.05, 4.69) is 0 Å². The lowest BCUT2D eigenvalue weighted by Crippen LogP contribution is -2.68. The van der Waals surface area contributed by atoms with Gasteiger partial charge in [0.05, 0.1) is 24.8 Å². The topological polar surface area (TPSA) is 344 Å². The summed E-state index contributed by atoms with van der Waals surface area (Å²) in [5.74, 6) is 0. The van der Waals surface area contributed by atoms with Crippen LogP contribution >= 0.6 is 0 Å². The average molecular weight is 614 g/mol. The normalized spacial score (nSPS) is 53.7. The Hall–Kier alpha value is -1.05. The molecule has 3 saturated heterocycles. The molecule has 0 aromatic rings. The van der Waals surface area contributed by atoms with E-state index in [1.54, 1.807) is 0 Å². The summed E-state index contributed by atoms with van der Waals surface area (Å²) in [6.45, 7) is -0.845. The quantitative estimate of drug-likeness (QED) is 0.107. The van der Waals surface area contributed by atoms with Gasteiger partial charge < -0.3 is 97.6 Å². The predicted molar refractivity (Wildman–Crippen MR) is 135 cm³/mol. The Morgan fingerprint density at radius 2 is 1.19 bits per heavy atom. The van der Waals surface area contributed by atoms with Crippen molar-refractivity contribution in [2.45, 2.75) is 123 Å². The van der Waals surface area contributed by atoms with Gasteiger partial charge in [-0.1, -0.05) is 0 Å². The van der Waals surface area contributed by atoms with Crippen molar-refractivity contribution >= 4 is 6.29 Å². The molecule has 0 radical (unpaired) electrons. The van der Waals surface area contributed by atoms with Crippen LogP contribution in [0.3, 0.4) is 0 Å². The molecule has 19 nitrogen and oxygen atoms in total. The number of aldehydes is 1. The molecular weight excluding hydrogens is 570 g/mol. The molecule has 244 valence electrons. The zero-order valence-electron chi connectivity index (χ0n) is 22.5. The smallest absolute Gasteiger partial charge is 0.187 e. The van der Waals surface area contributed by atoms with E-state index >= 15 is 0 Å². The molecule has 17 N–H and O–H groups in total. The molecule has 1 saturated carbocycles. The summed E-state index contributed by atoms with van der Waals surface area (Å²) in [6.07, 6.45) is -20.9. The minimum atomic E-state index is -1.63. The van der Waals surface area contributed by atoms with Crippen LogP contribution in [0.1, 0.15) is 6.42 Å². The molecule has 0 bridgehead atoms. The van der Waals surface area contributed by atoms with Gasteiger partial charge in [0, 0.05) is 18.6 Å². The lowest BCUT2D eigenvalue weighted by Gasteiger charge is -2.46. The maximum Gasteiger partial charge on any atom is 0.187 e. The van der Waals surface area contributed by atoms with Crippen LogP contribution in [0.5, 0.6) is 0 Å². The number of ether oxygens (including phenoxy) is 6. The molecule has 0 unspecified atom stereocenters. The van der Waals surface area contributed by atoms with Crippen LogP contribution < -0.4 is 28.7 Å². The number of aliphatic hydroxyl groups is 7. The first-order valence-electron chi connectivity index (χ1n) is 13.6. The van der Waals surface area contributed by atoms with Gasteiger partial charge in [0.1, 0.15) is 67.1 Å². The number of rotatable bonds is 9. The van der Waals surface area contributed by atoms with Crippen LogP contribution in [0.2, 0.25) is 0 Å². The van der Waals surface area contributed by atoms with Crippen LogP contribution in [-0.2, 0) is 33.2 Å². The second-order valence-electron chi connectivity index (χ2n) is 11.1. The predicted octanol–water partition coefficient (Wildman–Crippen LogP) is -8.66. The molecule has 4 rings (SSSR count). The van der Waals surface area contributed by atoms with E-state index in [-0.39, 0.29) is 19.3 Å². The molecule has 19 heteroatoms. The molecule has 0 aromatic carbocycles. The number of carbonyl (C=O) groups is 1. The zero-order chi connectivity index (χ0) is 31.0. The SMILES string of the molecule is NC[C@@H]1O[C@H](O[C@H]2[C@@H](O)[C@H](O[C@@H]3[C@@H](O)[C@H](N)C[C@H](N)[C@H]3O[C@H]3O[C@H](C=O)[C@@H](O)[C@H](O)[C@H]3N)O[C@@H]2CO)[C@H](N)[C@@H](O)[C@@H]1O. The lowest BCUT2D eigenvalue weighted by atomic mass is 9.84. The highest BCUT2D eigenvalue weighted by Crippen LogP contribution is 2.34. The van der Waals surface area contributed by atoms with E-state index in [1.165, 1.54) is 0 Å². The standard InChI is InChI=1S/C23H43N5O14/c24-2-7-13(32)15(34)10(27)21(37-7)41-19-9(4-30)39-23(17(19)36)42-20-12(31)5(25)1-6(26)18(20)40-22-11(28)16(35)14(33)8(3-29)38-22/h3,5-23,30-36H,1-2,4,24-28H2/t5-,6+,7+,8-,9-,10-,11-,12+,13-,14-,15-,16-,17-,18-,19-,20-,21-,22-,23+/m1/s1. The first-order valence-corrected chi connectivity index (χ1v) is 13.6. The van der Waals surface area contributed by atoms with Crippen LogP contribution in [0.4, 0.5) is 0 Å². The van der Waals surface area contributed by atoms with Crippen molar-refractivity contribution in [2.75, 3.05) is 13.2 Å². The van der Waals surface area contributed by atoms with Crippen molar-refractivity contribution in [3.05, 3.63) is 0 Å². The third-order valence-corrected chi connectivity index (χ3v) is 8.21. The van der Waals surface area contributed by atoms with Crippen LogP contribution in [0.15, 0.2) is 0 Å². The number of hydrogen-bond donors (Lipinski definition) is 12. The number of aliphatic hydroxyl groups excluding tert-OH is 7. The summed E-state index contributed by atoms with van der Waals surface area (Å²) < 4.78 is 34.2. The first kappa shape index (κ1) is 33.8. The Morgan fingerprint density at radius 3 is 1.79 bits per heavy atom. The van der Waals surface area contributed by atoms with E-state index < -0.39 is 123 Å². The van der Waals surface area contributed by atoms with Crippen molar-refractivity contribution in [1.82, 2.24) is 0 Å². The lowest BCUT2D eigenvalue weighted by molar-refractivity contribution is -0.303. The highest BCUT2D eigenvalue weighted by Gasteiger charge is 2.54. The summed E-state index contributed by atoms with van der Waals surface area (Å²) >= 11 is 0. The van der Waals surface area contributed by atoms with Gasteiger partial charge in [-0.25, -0.2) is 0 Å². The summed E-state index contributed by atoms with van der Waals surface area (Å²) in [4.78, 5) is 11.3. The second-order valence-corrected chi connectivity index (χ2v) is 11.1. The Morgan fingerprint density at radius 1 is 0.643 bits per heavy atom. The van der Waals surface area contributed by atoms with E-state index in [1.807, 2.05) is 0 Å². The fourth-order valence-electron chi connectivity index (χ4n) is 5.62. The van der Waals surface area contributed by atoms with E-state index in [0.717, 1.165) is 0 Å². The van der Waals surface area contributed by atoms with E-state index in [4.69, 9.17) is 57.1 Å². The summed E-state index contributed by atoms with van der Waals surface area (Å²) in [6, 6.07) is -4.40. The van der Waals surface area contributed by atoms with Crippen molar-refractivity contribution in [1.29, 1.82) is 0 Å². The van der Waals surface area contributed by atoms with E-state index in [9.17, 15) is 40.5 Å². The maximum absolute atomic E-state index is 11.3. The molecule has 42 heavy (non-hydrogen) atoms. The first-order chi connectivity index (χ1) is 19.8. The molecule has 0 spiro atoms. The monoisotopic (exact) mass is 613 g/mol. The van der Waals surface area contributed by atoms with Gasteiger partial charge >= 0.3 is 0 Å². The van der Waals surface area contributed by atoms with Gasteiger partial charge in [-0.15, -0.1) is 0 Å². The molecule has 4 fully saturated rings. The number of hydrogen-bond acceptors (Lipinski definition) is 19. The van der Waals surface area contributed by atoms with Gasteiger partial charge in [0.15, 0.2) is 25.2 Å². The van der Waals surface area contributed by atoms with Gasteiger partial charge in [-0.05, 0) is 6.42 Å². The van der Waals surface area contributed by atoms with Crippen LogP contribution in [-0.4, -0.2) is 171 Å². The van der Waals surface area contributed by atoms with Crippen LogP contribution in [0, 0.1) is 0 Å². The van der Waals surface area contributed by atoms with Crippen LogP contribution in [0.25, 0.3) is 0 Å². The molecule has 19 atom stereocenters. The Labute approximate surface area is 240 Å². The molecule has 0 amide bonds. The Bertz CT molecular complexity index is 896. The average Bonchev–Trinajstić information content (AvgIpc) is 3.27. The molecule has 3 heterocycles. The number of carbonyl (C=O) groups excluding carboxylic acids is 1. The van der Waals surface area contributed by atoms with Gasteiger partial charge in [0.2, 0.25) is 0 Å². The summed E-state index contributed by atoms with van der Waals surface area (Å²) in [7, 11) is 0. The van der Waals surface area contributed by atoms with Gasteiger partial charge in [-0.2, -0.15) is 0 Å². The van der Waals surface area contributed by atoms with Crippen molar-refractivity contribution in [2.24, 2.45) is 28.7 Å². The minimum Gasteiger partial charge on any atom is -0.394 e. The maximum atomic E-state index is 11.3. The highest BCUT2D eigenvalue weighted by atomic mass is 16.8. The minimum absolute atomic E-state index is 0.0441. The zero-order valence-corrected chi connectivity index (χ0v) is 22.5. The third kappa shape index (κ3) is 6.49. The van der Waals surface area contributed by atoms with Gasteiger partial charge in [0.25, 0.3) is 0 Å². The largest absolute Gasteiger partial charge is 0.394 e. The summed E-state index contributed by atoms with van der Waals surface area (Å²) in [5, 5.41) is 72.6. The second kappa shape index (κ2) is 13.9. The Kier molecular flexibility index (Phi) is 11.2. The van der Waals surface area contributed by atoms with E-state index in [0.29, 0.717) is 0 Å². The highest BCUT2D eigenvalue weighted by molar-refractivity contribution is 5.57. The molecule has 0 aromatic heterocycles. The van der Waals surface area contributed by atoms with Crippen molar-refractivity contribution in [3.8, 4) is 0 Å². The third-order valence-electron chi connectivity index (χ3n) is 8.21. The fourth-order valence-corrected chi connectivity index (χ4v) is 5.62. The molecule has 4 aliphatic rings. The molecule has 3 aliphatic heterocycles. The fraction of sp³-hybridized carbons (Fsp3) is 0.957.